The summed E-state index contributed by atoms with van der Waals surface area (Å²) in [7, 11) is 4.07. The third-order valence-electron chi connectivity index (χ3n) is 6.22. The second-order valence-electron chi connectivity index (χ2n) is 7.90. The lowest BCUT2D eigenvalue weighted by molar-refractivity contribution is -0.0670. The average Bonchev–Trinajstić information content (AvgIpc) is 3.26. The minimum Gasteiger partial charge on any atom is -0.378 e. The van der Waals surface area contributed by atoms with Crippen molar-refractivity contribution >= 4 is 16.8 Å². The molecular formula is C21H25N5O2. The van der Waals surface area contributed by atoms with Crippen LogP contribution in [-0.2, 0) is 11.8 Å². The normalized spacial score (nSPS) is 25.1. The summed E-state index contributed by atoms with van der Waals surface area (Å²) in [6.45, 7) is 1.50. The van der Waals surface area contributed by atoms with Gasteiger partial charge < -0.3 is 14.6 Å². The largest absolute Gasteiger partial charge is 0.378 e. The van der Waals surface area contributed by atoms with Gasteiger partial charge in [-0.1, -0.05) is 18.2 Å². The fraction of sp³-hybridized carbons (Fsp3) is 0.429. The number of carbonyl (C=O) groups excluding carboxylic acids is 1. The molecule has 0 spiro atoms. The molecule has 1 N–H and O–H groups in total. The highest BCUT2D eigenvalue weighted by Crippen LogP contribution is 2.28. The maximum absolute atomic E-state index is 13.2. The molecule has 2 atom stereocenters. The summed E-state index contributed by atoms with van der Waals surface area (Å²) in [6.07, 6.45) is 5.55. The predicted molar refractivity (Wildman–Crippen MR) is 107 cm³/mol. The van der Waals surface area contributed by atoms with E-state index in [4.69, 9.17) is 4.74 Å². The van der Waals surface area contributed by atoms with E-state index in [0.29, 0.717) is 17.6 Å². The fourth-order valence-corrected chi connectivity index (χ4v) is 4.63. The lowest BCUT2D eigenvalue weighted by Crippen LogP contribution is -2.59. The van der Waals surface area contributed by atoms with E-state index in [1.54, 1.807) is 6.20 Å². The van der Waals surface area contributed by atoms with Gasteiger partial charge in [-0.2, -0.15) is 5.10 Å². The maximum Gasteiger partial charge on any atom is 0.253 e. The molecule has 3 aromatic rings. The Labute approximate surface area is 163 Å². The summed E-state index contributed by atoms with van der Waals surface area (Å²) in [5.74, 6) is 0.923. The van der Waals surface area contributed by atoms with Crippen molar-refractivity contribution in [3.63, 3.8) is 0 Å². The number of amides is 1. The number of aryl methyl sites for hydroxylation is 1. The Morgan fingerprint density at radius 1 is 1.14 bits per heavy atom. The molecule has 2 bridgehead atoms. The second kappa shape index (κ2) is 6.76. The summed E-state index contributed by atoms with van der Waals surface area (Å²) in [6, 6.07) is 10.9. The van der Waals surface area contributed by atoms with Gasteiger partial charge in [0, 0.05) is 42.8 Å². The number of aromatic nitrogens is 3. The monoisotopic (exact) mass is 379 g/mol. The van der Waals surface area contributed by atoms with Crippen LogP contribution in [0.25, 0.3) is 16.7 Å². The van der Waals surface area contributed by atoms with Gasteiger partial charge in [0.2, 0.25) is 0 Å². The molecule has 5 rings (SSSR count). The summed E-state index contributed by atoms with van der Waals surface area (Å²) in [5, 5.41) is 8.51. The number of benzene rings is 1. The van der Waals surface area contributed by atoms with Gasteiger partial charge in [0.1, 0.15) is 5.82 Å². The molecule has 146 valence electrons. The first kappa shape index (κ1) is 17.5. The van der Waals surface area contributed by atoms with Gasteiger partial charge in [0.05, 0.1) is 30.5 Å². The predicted octanol–water partition coefficient (Wildman–Crippen LogP) is 1.96. The van der Waals surface area contributed by atoms with Gasteiger partial charge in [-0.3, -0.25) is 14.4 Å². The lowest BCUT2D eigenvalue weighted by atomic mass is 9.90. The molecule has 2 aromatic heterocycles. The van der Waals surface area contributed by atoms with Crippen LogP contribution < -0.4 is 5.32 Å². The molecule has 2 fully saturated rings. The number of piperidine rings is 1. The van der Waals surface area contributed by atoms with Crippen molar-refractivity contribution < 1.29 is 9.53 Å². The van der Waals surface area contributed by atoms with E-state index < -0.39 is 0 Å². The number of nitrogens with one attached hydrogen (secondary N) is 1. The first-order valence-electron chi connectivity index (χ1n) is 9.81. The van der Waals surface area contributed by atoms with Crippen LogP contribution in [0.5, 0.6) is 0 Å². The fourth-order valence-electron chi connectivity index (χ4n) is 4.63. The minimum absolute atomic E-state index is 0.00865. The number of likely N-dealkylation sites (N-methyl/N-ethyl adjacent to an activating group) is 1. The summed E-state index contributed by atoms with van der Waals surface area (Å²) >= 11 is 0. The smallest absolute Gasteiger partial charge is 0.253 e. The molecule has 28 heavy (non-hydrogen) atoms. The maximum atomic E-state index is 13.2. The number of fused-ring (bicyclic) bond motifs is 3. The molecule has 1 amide bonds. The quantitative estimate of drug-likeness (QED) is 0.756. The highest BCUT2D eigenvalue weighted by molar-refractivity contribution is 6.07. The van der Waals surface area contributed by atoms with E-state index in [9.17, 15) is 4.79 Å². The van der Waals surface area contributed by atoms with Crippen molar-refractivity contribution in [3.05, 3.63) is 48.3 Å². The van der Waals surface area contributed by atoms with E-state index >= 15 is 0 Å². The van der Waals surface area contributed by atoms with Crippen molar-refractivity contribution in [2.75, 3.05) is 20.3 Å². The van der Waals surface area contributed by atoms with Crippen LogP contribution in [0.1, 0.15) is 23.2 Å². The zero-order chi connectivity index (χ0) is 19.3. The SMILES string of the molecule is CN1[C@@H]2COC[C@@H]1CC(NC(=O)c1cn(-c3ccnn3C)c3ccccc13)C2. The second-order valence-corrected chi connectivity index (χ2v) is 7.90. The van der Waals surface area contributed by atoms with Crippen LogP contribution in [0.15, 0.2) is 42.7 Å². The molecular weight excluding hydrogens is 354 g/mol. The zero-order valence-electron chi connectivity index (χ0n) is 16.2. The standard InChI is InChI=1S/C21H25N5O2/c1-24-15-9-14(10-16(24)13-28-12-15)23-21(27)18-11-26(20-7-8-22-25(20)2)19-6-4-3-5-17(18)19/h3-8,11,14-16H,9-10,12-13H2,1-2H3,(H,23,27)/t15-,16-/m0/s1. The summed E-state index contributed by atoms with van der Waals surface area (Å²) in [4.78, 5) is 15.6. The van der Waals surface area contributed by atoms with E-state index in [2.05, 4.69) is 22.4 Å². The van der Waals surface area contributed by atoms with E-state index in [1.807, 2.05) is 52.8 Å². The number of carbonyl (C=O) groups is 1. The van der Waals surface area contributed by atoms with Gasteiger partial charge in [0.25, 0.3) is 5.91 Å². The van der Waals surface area contributed by atoms with Crippen LogP contribution in [0.4, 0.5) is 0 Å². The van der Waals surface area contributed by atoms with E-state index in [1.165, 1.54) is 0 Å². The van der Waals surface area contributed by atoms with Crippen molar-refractivity contribution in [1.29, 1.82) is 0 Å². The number of hydrogen-bond donors (Lipinski definition) is 1. The lowest BCUT2D eigenvalue weighted by Gasteiger charge is -2.46. The van der Waals surface area contributed by atoms with Gasteiger partial charge in [-0.05, 0) is 26.0 Å². The third-order valence-corrected chi connectivity index (χ3v) is 6.22. The van der Waals surface area contributed by atoms with Crippen molar-refractivity contribution in [2.24, 2.45) is 7.05 Å². The number of para-hydroxylation sites is 1. The van der Waals surface area contributed by atoms with Gasteiger partial charge in [-0.15, -0.1) is 0 Å². The molecule has 2 aliphatic rings. The van der Waals surface area contributed by atoms with Crippen LogP contribution in [0.3, 0.4) is 0 Å². The Balaban J connectivity index is 1.45. The summed E-state index contributed by atoms with van der Waals surface area (Å²) in [5.41, 5.74) is 1.71. The first-order chi connectivity index (χ1) is 13.6. The number of morpholine rings is 1. The Kier molecular flexibility index (Phi) is 4.21. The van der Waals surface area contributed by atoms with E-state index in [-0.39, 0.29) is 11.9 Å². The molecule has 2 saturated heterocycles. The summed E-state index contributed by atoms with van der Waals surface area (Å²) < 4.78 is 9.54. The minimum atomic E-state index is -0.00865. The highest BCUT2D eigenvalue weighted by atomic mass is 16.5. The Morgan fingerprint density at radius 3 is 2.61 bits per heavy atom. The highest BCUT2D eigenvalue weighted by Gasteiger charge is 2.37. The van der Waals surface area contributed by atoms with E-state index in [0.717, 1.165) is 42.8 Å². The van der Waals surface area contributed by atoms with Crippen LogP contribution in [0.2, 0.25) is 0 Å². The van der Waals surface area contributed by atoms with Crippen LogP contribution in [0, 0.1) is 0 Å². The van der Waals surface area contributed by atoms with Crippen LogP contribution in [-0.4, -0.2) is 63.5 Å². The number of nitrogens with zero attached hydrogens (tertiary/aromatic N) is 4. The number of rotatable bonds is 3. The number of hydrogen-bond acceptors (Lipinski definition) is 4. The Hall–Kier alpha value is -2.64. The molecule has 0 saturated carbocycles. The Bertz CT molecular complexity index is 1010. The van der Waals surface area contributed by atoms with Gasteiger partial charge >= 0.3 is 0 Å². The number of ether oxygens (including phenoxy) is 1. The topological polar surface area (TPSA) is 64.3 Å². The van der Waals surface area contributed by atoms with Crippen molar-refractivity contribution in [3.8, 4) is 5.82 Å². The Morgan fingerprint density at radius 2 is 1.89 bits per heavy atom. The molecule has 7 nitrogen and oxygen atoms in total. The molecule has 1 aromatic carbocycles. The molecule has 2 aliphatic heterocycles. The molecule has 0 unspecified atom stereocenters. The van der Waals surface area contributed by atoms with Gasteiger partial charge in [0.15, 0.2) is 0 Å². The molecule has 7 heteroatoms. The molecule has 0 radical (unpaired) electrons. The van der Waals surface area contributed by atoms with Gasteiger partial charge in [-0.25, -0.2) is 0 Å². The zero-order valence-corrected chi connectivity index (χ0v) is 16.2. The van der Waals surface area contributed by atoms with Crippen molar-refractivity contribution in [1.82, 2.24) is 24.6 Å². The molecule has 0 aliphatic carbocycles. The first-order valence-corrected chi connectivity index (χ1v) is 9.81. The third kappa shape index (κ3) is 2.82. The average molecular weight is 379 g/mol. The van der Waals surface area contributed by atoms with Crippen molar-refractivity contribution in [2.45, 2.75) is 31.0 Å². The molecule has 4 heterocycles. The van der Waals surface area contributed by atoms with Crippen LogP contribution >= 0.6 is 0 Å².